The molecule has 0 radical (unpaired) electrons. The molecule has 1 N–H and O–H groups in total. The minimum absolute atomic E-state index is 0.140. The molecule has 0 amide bonds. The van der Waals surface area contributed by atoms with E-state index in [0.29, 0.717) is 10.0 Å². The largest absolute Gasteiger partial charge is 0.478 e. The van der Waals surface area contributed by atoms with Gasteiger partial charge in [-0.1, -0.05) is 15.9 Å². The van der Waals surface area contributed by atoms with E-state index >= 15 is 0 Å². The zero-order valence-electron chi connectivity index (χ0n) is 11.2. The van der Waals surface area contributed by atoms with E-state index < -0.39 is 13.6 Å². The Hall–Kier alpha value is -0.940. The van der Waals surface area contributed by atoms with Crippen molar-refractivity contribution in [2.45, 2.75) is 13.8 Å². The number of carboxylic acid groups (broad SMARTS) is 1. The number of halogens is 1. The highest BCUT2D eigenvalue weighted by atomic mass is 79.9. The van der Waals surface area contributed by atoms with Crippen molar-refractivity contribution in [3.8, 4) is 0 Å². The molecule has 1 aromatic carbocycles. The highest BCUT2D eigenvalue weighted by Crippen LogP contribution is 2.50. The fourth-order valence-electron chi connectivity index (χ4n) is 1.49. The summed E-state index contributed by atoms with van der Waals surface area (Å²) in [5, 5.41) is 8.98. The van der Waals surface area contributed by atoms with E-state index in [1.54, 1.807) is 19.9 Å². The van der Waals surface area contributed by atoms with E-state index in [9.17, 15) is 9.36 Å². The van der Waals surface area contributed by atoms with Crippen LogP contribution in [0, 0.1) is 0 Å². The third-order valence-corrected chi connectivity index (χ3v) is 4.44. The van der Waals surface area contributed by atoms with Gasteiger partial charge in [0, 0.05) is 10.3 Å². The molecule has 0 saturated carbocycles. The van der Waals surface area contributed by atoms with Crippen LogP contribution in [0.3, 0.4) is 0 Å². The van der Waals surface area contributed by atoms with Gasteiger partial charge in [0.1, 0.15) is 0 Å². The zero-order valence-corrected chi connectivity index (χ0v) is 13.7. The number of carbonyl (C=O) groups is 1. The second kappa shape index (κ2) is 7.74. The van der Waals surface area contributed by atoms with Gasteiger partial charge < -0.3 is 14.2 Å². The summed E-state index contributed by atoms with van der Waals surface area (Å²) in [4.78, 5) is 11.0. The Balaban J connectivity index is 3.04. The molecule has 0 aliphatic carbocycles. The Bertz CT molecular complexity index is 546. The van der Waals surface area contributed by atoms with E-state index in [0.717, 1.165) is 0 Å². The van der Waals surface area contributed by atoms with Crippen LogP contribution in [0.2, 0.25) is 0 Å². The van der Waals surface area contributed by atoms with Crippen molar-refractivity contribution in [1.29, 1.82) is 0 Å². The van der Waals surface area contributed by atoms with Crippen LogP contribution < -0.4 is 0 Å². The van der Waals surface area contributed by atoms with Gasteiger partial charge >= 0.3 is 13.6 Å². The molecule has 1 aromatic rings. The second-order valence-corrected chi connectivity index (χ2v) is 6.58. The molecular weight excluding hydrogens is 347 g/mol. The van der Waals surface area contributed by atoms with Crippen LogP contribution in [0.1, 0.15) is 29.8 Å². The molecule has 1 rings (SSSR count). The number of rotatable bonds is 7. The Morgan fingerprint density at radius 1 is 1.30 bits per heavy atom. The third kappa shape index (κ3) is 5.21. The van der Waals surface area contributed by atoms with E-state index in [4.69, 9.17) is 14.2 Å². The summed E-state index contributed by atoms with van der Waals surface area (Å²) >= 11 is 3.23. The molecular formula is C13H16BrO5P. The molecule has 0 heterocycles. The van der Waals surface area contributed by atoms with Gasteiger partial charge in [0.2, 0.25) is 0 Å². The van der Waals surface area contributed by atoms with Crippen LogP contribution in [-0.2, 0) is 13.6 Å². The summed E-state index contributed by atoms with van der Waals surface area (Å²) in [5.41, 5.74) is 0.734. The van der Waals surface area contributed by atoms with Crippen molar-refractivity contribution in [2.24, 2.45) is 0 Å². The first kappa shape index (κ1) is 17.1. The minimum Gasteiger partial charge on any atom is -0.478 e. The van der Waals surface area contributed by atoms with Gasteiger partial charge in [-0.05, 0) is 43.7 Å². The van der Waals surface area contributed by atoms with Gasteiger partial charge in [-0.25, -0.2) is 4.79 Å². The lowest BCUT2D eigenvalue weighted by Crippen LogP contribution is -1.96. The topological polar surface area (TPSA) is 72.8 Å². The molecule has 0 spiro atoms. The van der Waals surface area contributed by atoms with E-state index in [-0.39, 0.29) is 18.8 Å². The number of aromatic carboxylic acids is 1. The predicted molar refractivity (Wildman–Crippen MR) is 81.0 cm³/mol. The molecule has 110 valence electrons. The summed E-state index contributed by atoms with van der Waals surface area (Å²) in [6.07, 6.45) is 1.53. The van der Waals surface area contributed by atoms with Gasteiger partial charge in [-0.15, -0.1) is 0 Å². The van der Waals surface area contributed by atoms with Crippen LogP contribution in [0.4, 0.5) is 0 Å². The maximum absolute atomic E-state index is 12.2. The van der Waals surface area contributed by atoms with Gasteiger partial charge in [-0.3, -0.25) is 4.57 Å². The fraction of sp³-hybridized carbons (Fsp3) is 0.308. The standard InChI is InChI=1S/C13H16BrO5P/c1-3-18-20(17,19-4-2)6-5-10-7-11(13(15)16)9-12(14)8-10/h5-9H,3-4H2,1-2H3,(H,15,16)/b6-5+. The maximum Gasteiger partial charge on any atom is 0.354 e. The molecule has 0 aliphatic rings. The van der Waals surface area contributed by atoms with Crippen molar-refractivity contribution in [3.05, 3.63) is 39.6 Å². The fourth-order valence-corrected chi connectivity index (χ4v) is 3.32. The highest BCUT2D eigenvalue weighted by Gasteiger charge is 2.18. The Morgan fingerprint density at radius 2 is 1.90 bits per heavy atom. The summed E-state index contributed by atoms with van der Waals surface area (Å²) in [6.45, 7) is 3.98. The molecule has 20 heavy (non-hydrogen) atoms. The Morgan fingerprint density at radius 3 is 2.40 bits per heavy atom. The van der Waals surface area contributed by atoms with Gasteiger partial charge in [0.05, 0.1) is 18.8 Å². The molecule has 5 nitrogen and oxygen atoms in total. The first-order valence-electron chi connectivity index (χ1n) is 6.02. The number of benzene rings is 1. The molecule has 0 aromatic heterocycles. The number of hydrogen-bond acceptors (Lipinski definition) is 4. The number of carboxylic acids is 1. The van der Waals surface area contributed by atoms with Crippen LogP contribution >= 0.6 is 23.5 Å². The normalized spacial score (nSPS) is 11.9. The van der Waals surface area contributed by atoms with Crippen molar-refractivity contribution in [3.63, 3.8) is 0 Å². The van der Waals surface area contributed by atoms with Crippen molar-refractivity contribution < 1.29 is 23.5 Å². The van der Waals surface area contributed by atoms with E-state index in [1.807, 2.05) is 0 Å². The Kier molecular flexibility index (Phi) is 6.62. The molecule has 0 bridgehead atoms. The smallest absolute Gasteiger partial charge is 0.354 e. The minimum atomic E-state index is -3.28. The average Bonchev–Trinajstić information content (AvgIpc) is 2.36. The van der Waals surface area contributed by atoms with Crippen LogP contribution in [-0.4, -0.2) is 24.3 Å². The summed E-state index contributed by atoms with van der Waals surface area (Å²) < 4.78 is 23.1. The van der Waals surface area contributed by atoms with Gasteiger partial charge in [0.25, 0.3) is 0 Å². The first-order chi connectivity index (χ1) is 9.40. The van der Waals surface area contributed by atoms with Crippen LogP contribution in [0.25, 0.3) is 6.08 Å². The zero-order chi connectivity index (χ0) is 15.2. The third-order valence-electron chi connectivity index (χ3n) is 2.23. The molecule has 0 fully saturated rings. The van der Waals surface area contributed by atoms with Crippen molar-refractivity contribution >= 4 is 35.6 Å². The maximum atomic E-state index is 12.2. The SMILES string of the molecule is CCOP(=O)(/C=C/c1cc(Br)cc(C(=O)O)c1)OCC. The molecule has 0 saturated heterocycles. The van der Waals surface area contributed by atoms with Gasteiger partial charge in [0.15, 0.2) is 0 Å². The summed E-state index contributed by atoms with van der Waals surface area (Å²) in [7, 11) is -3.28. The lowest BCUT2D eigenvalue weighted by molar-refractivity contribution is 0.0696. The lowest BCUT2D eigenvalue weighted by Gasteiger charge is -2.12. The van der Waals surface area contributed by atoms with Gasteiger partial charge in [-0.2, -0.15) is 0 Å². The second-order valence-electron chi connectivity index (χ2n) is 3.77. The van der Waals surface area contributed by atoms with Crippen LogP contribution in [0.5, 0.6) is 0 Å². The molecule has 0 aliphatic heterocycles. The molecule has 0 atom stereocenters. The Labute approximate surface area is 126 Å². The summed E-state index contributed by atoms with van der Waals surface area (Å²) in [6, 6.07) is 4.68. The van der Waals surface area contributed by atoms with E-state index in [2.05, 4.69) is 15.9 Å². The van der Waals surface area contributed by atoms with Crippen molar-refractivity contribution in [1.82, 2.24) is 0 Å². The van der Waals surface area contributed by atoms with Crippen molar-refractivity contribution in [2.75, 3.05) is 13.2 Å². The molecule has 7 heteroatoms. The lowest BCUT2D eigenvalue weighted by atomic mass is 10.1. The number of hydrogen-bond donors (Lipinski definition) is 1. The average molecular weight is 363 g/mol. The molecule has 0 unspecified atom stereocenters. The first-order valence-corrected chi connectivity index (χ1v) is 8.42. The predicted octanol–water partition coefficient (Wildman–Crippen LogP) is 4.38. The quantitative estimate of drug-likeness (QED) is 0.728. The highest BCUT2D eigenvalue weighted by molar-refractivity contribution is 9.10. The summed E-state index contributed by atoms with van der Waals surface area (Å²) in [5.74, 6) is 0.312. The monoisotopic (exact) mass is 362 g/mol. The van der Waals surface area contributed by atoms with E-state index in [1.165, 1.54) is 24.0 Å². The van der Waals surface area contributed by atoms with Crippen LogP contribution in [0.15, 0.2) is 28.5 Å².